The Morgan fingerprint density at radius 3 is 1.00 bits per heavy atom. The highest BCUT2D eigenvalue weighted by Crippen LogP contribution is 2.03. The largest absolute Gasteiger partial charge is 0.180 e. The minimum absolute atomic E-state index is 0.139. The van der Waals surface area contributed by atoms with E-state index in [-0.39, 0.29) is 8.80 Å². The summed E-state index contributed by atoms with van der Waals surface area (Å²) >= 11 is 14.4. The van der Waals surface area contributed by atoms with Gasteiger partial charge in [-0.2, -0.15) is 0 Å². The molecule has 0 unspecified atom stereocenters. The van der Waals surface area contributed by atoms with Crippen molar-refractivity contribution in [3.63, 3.8) is 0 Å². The van der Waals surface area contributed by atoms with Crippen molar-refractivity contribution in [2.24, 2.45) is 0 Å². The summed E-state index contributed by atoms with van der Waals surface area (Å²) in [6, 6.07) is 0. The molecule has 52 valence electrons. The molecule has 0 radical (unpaired) electrons. The van der Waals surface area contributed by atoms with Gasteiger partial charge < -0.3 is 0 Å². The van der Waals surface area contributed by atoms with Gasteiger partial charge in [-0.15, -0.1) is 0 Å². The standard InChI is InChI=1S/C3H10Si.CHCl3/c1-4(2)3;2-1(3)4/h4H,1-3H3;1H. The molecule has 0 nitrogen and oxygen atoms in total. The number of halogens is 3. The smallest absolute Gasteiger partial charge is 0.0874 e. The Hall–Kier alpha value is 1.09. The van der Waals surface area contributed by atoms with Crippen molar-refractivity contribution < 1.29 is 0 Å². The van der Waals surface area contributed by atoms with Gasteiger partial charge in [0.25, 0.3) is 0 Å². The maximum Gasteiger partial charge on any atom is 0.180 e. The van der Waals surface area contributed by atoms with Gasteiger partial charge in [0.15, 0.2) is 4.30 Å². The fraction of sp³-hybridized carbons (Fsp3) is 1.00. The predicted octanol–water partition coefficient (Wildman–Crippen LogP) is 3.09. The summed E-state index contributed by atoms with van der Waals surface area (Å²) in [4.78, 5) is 0. The molecule has 0 spiro atoms. The average Bonchev–Trinajstić information content (AvgIpc) is 1.25. The maximum atomic E-state index is 4.81. The van der Waals surface area contributed by atoms with Crippen molar-refractivity contribution in [2.75, 3.05) is 0 Å². The molecule has 0 aliphatic carbocycles. The van der Waals surface area contributed by atoms with Gasteiger partial charge in [0.05, 0.1) is 0 Å². The second-order valence-electron chi connectivity index (χ2n) is 1.98. The molecule has 0 aromatic rings. The van der Waals surface area contributed by atoms with E-state index in [1.165, 1.54) is 0 Å². The van der Waals surface area contributed by atoms with E-state index in [1.807, 2.05) is 0 Å². The van der Waals surface area contributed by atoms with Crippen LogP contribution < -0.4 is 0 Å². The quantitative estimate of drug-likeness (QED) is 0.410. The van der Waals surface area contributed by atoms with E-state index in [9.17, 15) is 0 Å². The summed E-state index contributed by atoms with van der Waals surface area (Å²) in [7, 11) is -0.139. The lowest BCUT2D eigenvalue weighted by molar-refractivity contribution is 1.91. The van der Waals surface area contributed by atoms with Crippen LogP contribution in [0.2, 0.25) is 19.6 Å². The van der Waals surface area contributed by atoms with Crippen molar-refractivity contribution in [3.8, 4) is 0 Å². The lowest BCUT2D eigenvalue weighted by atomic mass is 11.8. The van der Waals surface area contributed by atoms with Gasteiger partial charge >= 0.3 is 0 Å². The van der Waals surface area contributed by atoms with Crippen LogP contribution in [0.4, 0.5) is 0 Å². The highest BCUT2D eigenvalue weighted by atomic mass is 35.6. The lowest BCUT2D eigenvalue weighted by Crippen LogP contribution is -1.84. The zero-order chi connectivity index (χ0) is 7.15. The molecule has 0 amide bonds. The third-order valence-corrected chi connectivity index (χ3v) is 0. The van der Waals surface area contributed by atoms with Crippen LogP contribution in [0.25, 0.3) is 0 Å². The second kappa shape index (κ2) is 8.09. The van der Waals surface area contributed by atoms with Gasteiger partial charge in [-0.3, -0.25) is 0 Å². The Balaban J connectivity index is 0. The number of hydrogen-bond donors (Lipinski definition) is 0. The summed E-state index contributed by atoms with van der Waals surface area (Å²) in [5.74, 6) is 0. The highest BCUT2D eigenvalue weighted by Gasteiger charge is 1.78. The van der Waals surface area contributed by atoms with E-state index in [0.717, 1.165) is 0 Å². The van der Waals surface area contributed by atoms with Gasteiger partial charge in [-0.1, -0.05) is 54.4 Å². The molecule has 4 heteroatoms. The molecule has 0 N–H and O–H groups in total. The normalized spacial score (nSPS) is 9.00. The third-order valence-electron chi connectivity index (χ3n) is 0. The molecule has 0 bridgehead atoms. The van der Waals surface area contributed by atoms with E-state index in [0.29, 0.717) is 0 Å². The van der Waals surface area contributed by atoms with Crippen LogP contribution in [0.3, 0.4) is 0 Å². The number of rotatable bonds is 0. The second-order valence-corrected chi connectivity index (χ2v) is 7.42. The molecule has 0 aliphatic heterocycles. The molecule has 0 rings (SSSR count). The molecule has 0 atom stereocenters. The van der Waals surface area contributed by atoms with E-state index < -0.39 is 4.30 Å². The monoisotopic (exact) mass is 192 g/mol. The molecular weight excluding hydrogens is 182 g/mol. The van der Waals surface area contributed by atoms with Crippen LogP contribution in [-0.2, 0) is 0 Å². The van der Waals surface area contributed by atoms with E-state index in [2.05, 4.69) is 19.6 Å². The van der Waals surface area contributed by atoms with E-state index in [4.69, 9.17) is 34.8 Å². The number of alkyl halides is 3. The first-order valence-corrected chi connectivity index (χ1v) is 7.16. The van der Waals surface area contributed by atoms with Gasteiger partial charge in [0.1, 0.15) is 0 Å². The summed E-state index contributed by atoms with van der Waals surface area (Å²) in [6.45, 7) is 6.92. The van der Waals surface area contributed by atoms with Crippen molar-refractivity contribution in [1.29, 1.82) is 0 Å². The summed E-state index contributed by atoms with van der Waals surface area (Å²) in [5.41, 5.74) is 0. The minimum Gasteiger partial charge on any atom is -0.0874 e. The summed E-state index contributed by atoms with van der Waals surface area (Å²) in [5, 5.41) is 0. The fourth-order valence-electron chi connectivity index (χ4n) is 0. The lowest BCUT2D eigenvalue weighted by Gasteiger charge is -1.75. The zero-order valence-electron chi connectivity index (χ0n) is 5.29. The number of hydrogen-bond acceptors (Lipinski definition) is 0. The zero-order valence-corrected chi connectivity index (χ0v) is 8.71. The molecule has 0 heterocycles. The van der Waals surface area contributed by atoms with Crippen LogP contribution in [0, 0.1) is 0 Å². The Labute approximate surface area is 67.7 Å². The first-order chi connectivity index (χ1) is 3.46. The predicted molar refractivity (Wildman–Crippen MR) is 46.1 cm³/mol. The summed E-state index contributed by atoms with van der Waals surface area (Å²) in [6.07, 6.45) is 0. The fourth-order valence-corrected chi connectivity index (χ4v) is 0. The first-order valence-electron chi connectivity index (χ1n) is 2.39. The molecule has 0 aromatic carbocycles. The van der Waals surface area contributed by atoms with Gasteiger partial charge in [-0.05, 0) is 0 Å². The SMILES string of the molecule is C[SiH](C)C.ClC(Cl)Cl. The topological polar surface area (TPSA) is 0 Å². The molecule has 0 fully saturated rings. The van der Waals surface area contributed by atoms with Crippen LogP contribution in [0.1, 0.15) is 0 Å². The Morgan fingerprint density at radius 2 is 1.00 bits per heavy atom. The molecule has 0 aromatic heterocycles. The van der Waals surface area contributed by atoms with E-state index >= 15 is 0 Å². The van der Waals surface area contributed by atoms with E-state index in [1.54, 1.807) is 0 Å². The van der Waals surface area contributed by atoms with Gasteiger partial charge in [-0.25, -0.2) is 0 Å². The van der Waals surface area contributed by atoms with Gasteiger partial charge in [0.2, 0.25) is 0 Å². The first kappa shape index (κ1) is 11.8. The van der Waals surface area contributed by atoms with Crippen LogP contribution >= 0.6 is 34.8 Å². The Kier molecular flexibility index (Phi) is 12.0. The molecule has 0 saturated carbocycles. The highest BCUT2D eigenvalue weighted by molar-refractivity contribution is 6.63. The maximum absolute atomic E-state index is 4.81. The van der Waals surface area contributed by atoms with Crippen LogP contribution in [-0.4, -0.2) is 13.1 Å². The average molecular weight is 194 g/mol. The Morgan fingerprint density at radius 1 is 1.00 bits per heavy atom. The van der Waals surface area contributed by atoms with Crippen LogP contribution in [0.5, 0.6) is 0 Å². The summed E-state index contributed by atoms with van der Waals surface area (Å²) < 4.78 is -0.750. The molecule has 0 aliphatic rings. The van der Waals surface area contributed by atoms with Gasteiger partial charge in [0, 0.05) is 8.80 Å². The molecule has 0 saturated heterocycles. The van der Waals surface area contributed by atoms with Crippen molar-refractivity contribution >= 4 is 43.6 Å². The molecular formula is C4H11Cl3Si. The van der Waals surface area contributed by atoms with Crippen molar-refractivity contribution in [1.82, 2.24) is 0 Å². The minimum atomic E-state index is -0.750. The van der Waals surface area contributed by atoms with Crippen molar-refractivity contribution in [3.05, 3.63) is 0 Å². The Bertz CT molecular complexity index is 26.8. The third kappa shape index (κ3) is 222. The van der Waals surface area contributed by atoms with Crippen molar-refractivity contribution in [2.45, 2.75) is 23.9 Å². The molecule has 8 heavy (non-hydrogen) atoms. The van der Waals surface area contributed by atoms with Crippen LogP contribution in [0.15, 0.2) is 0 Å².